The first-order chi connectivity index (χ1) is 14.9. The van der Waals surface area contributed by atoms with Crippen LogP contribution in [0.4, 0.5) is 5.69 Å². The van der Waals surface area contributed by atoms with Crippen molar-refractivity contribution in [3.8, 4) is 0 Å². The molecule has 0 radical (unpaired) electrons. The number of aryl methyl sites for hydroxylation is 2. The highest BCUT2D eigenvalue weighted by Gasteiger charge is 2.26. The van der Waals surface area contributed by atoms with Crippen molar-refractivity contribution >= 4 is 56.2 Å². The largest absolute Gasteiger partial charge is 0.379 e. The van der Waals surface area contributed by atoms with E-state index < -0.39 is 10.0 Å². The second-order valence-electron chi connectivity index (χ2n) is 6.93. The molecule has 2 aromatic heterocycles. The maximum absolute atomic E-state index is 13.0. The van der Waals surface area contributed by atoms with E-state index in [1.54, 1.807) is 28.3 Å². The molecule has 7 nitrogen and oxygen atoms in total. The highest BCUT2D eigenvalue weighted by atomic mass is 35.5. The fraction of sp³-hybridized carbons (Fsp3) is 0.300. The average Bonchev–Trinajstić information content (AvgIpc) is 3.33. The summed E-state index contributed by atoms with van der Waals surface area (Å²) >= 11 is 9.39. The number of hydrogen-bond donors (Lipinski definition) is 0. The summed E-state index contributed by atoms with van der Waals surface area (Å²) in [5, 5.41) is 8.91. The molecular weight excluding hydrogens is 476 g/mol. The van der Waals surface area contributed by atoms with Crippen LogP contribution in [0.15, 0.2) is 50.0 Å². The van der Waals surface area contributed by atoms with Gasteiger partial charge in [0.25, 0.3) is 0 Å². The minimum absolute atomic E-state index is 0.162. The molecule has 31 heavy (non-hydrogen) atoms. The van der Waals surface area contributed by atoms with Crippen molar-refractivity contribution in [2.75, 3.05) is 26.3 Å². The van der Waals surface area contributed by atoms with Crippen LogP contribution in [0.5, 0.6) is 0 Å². The van der Waals surface area contributed by atoms with Gasteiger partial charge in [-0.25, -0.2) is 18.1 Å². The third kappa shape index (κ3) is 4.84. The Kier molecular flexibility index (Phi) is 6.75. The quantitative estimate of drug-likeness (QED) is 0.500. The summed E-state index contributed by atoms with van der Waals surface area (Å²) in [6.07, 6.45) is 1.81. The first kappa shape index (κ1) is 22.4. The molecule has 0 unspecified atom stereocenters. The van der Waals surface area contributed by atoms with Crippen molar-refractivity contribution in [3.05, 3.63) is 61.0 Å². The Balaban J connectivity index is 1.72. The summed E-state index contributed by atoms with van der Waals surface area (Å²) < 4.78 is 34.4. The predicted octanol–water partition coefficient (Wildman–Crippen LogP) is 4.02. The maximum atomic E-state index is 13.0. The number of halogens is 1. The first-order valence-electron chi connectivity index (χ1n) is 9.54. The molecule has 1 saturated heterocycles. The molecule has 3 aromatic rings. The zero-order chi connectivity index (χ0) is 22.0. The fourth-order valence-electron chi connectivity index (χ4n) is 3.01. The van der Waals surface area contributed by atoms with Crippen LogP contribution in [0.3, 0.4) is 0 Å². The van der Waals surface area contributed by atoms with Crippen LogP contribution < -0.4 is 4.80 Å². The van der Waals surface area contributed by atoms with E-state index in [1.165, 1.54) is 27.8 Å². The van der Waals surface area contributed by atoms with Gasteiger partial charge in [0.2, 0.25) is 14.8 Å². The second-order valence-corrected chi connectivity index (χ2v) is 11.1. The SMILES string of the molecule is Cc1ccsc1/C=N/n1c(C)csc1=Nc1cc(S(=O)(=O)N2CCOCC2)ccc1Cl. The summed E-state index contributed by atoms with van der Waals surface area (Å²) in [4.78, 5) is 6.47. The Morgan fingerprint density at radius 2 is 1.94 bits per heavy atom. The van der Waals surface area contributed by atoms with Crippen LogP contribution in [0.2, 0.25) is 5.02 Å². The molecule has 0 amide bonds. The molecule has 11 heteroatoms. The van der Waals surface area contributed by atoms with Crippen LogP contribution in [0.1, 0.15) is 16.1 Å². The highest BCUT2D eigenvalue weighted by Crippen LogP contribution is 2.29. The van der Waals surface area contributed by atoms with E-state index in [-0.39, 0.29) is 4.90 Å². The van der Waals surface area contributed by atoms with Gasteiger partial charge in [-0.1, -0.05) is 11.6 Å². The van der Waals surface area contributed by atoms with Crippen LogP contribution in [0.25, 0.3) is 0 Å². The van der Waals surface area contributed by atoms with Crippen molar-refractivity contribution in [3.63, 3.8) is 0 Å². The Morgan fingerprint density at radius 1 is 1.16 bits per heavy atom. The van der Waals surface area contributed by atoms with Crippen LogP contribution in [-0.4, -0.2) is 49.9 Å². The Morgan fingerprint density at radius 3 is 2.65 bits per heavy atom. The molecule has 0 saturated carbocycles. The van der Waals surface area contributed by atoms with Gasteiger partial charge in [0.05, 0.1) is 45.6 Å². The number of benzene rings is 1. The summed E-state index contributed by atoms with van der Waals surface area (Å²) in [6.45, 7) is 5.42. The van der Waals surface area contributed by atoms with E-state index in [1.807, 2.05) is 30.7 Å². The molecule has 3 heterocycles. The topological polar surface area (TPSA) is 76.3 Å². The molecule has 1 aliphatic heterocycles. The standard InChI is InChI=1S/C20H21ClN4O3S3/c1-14-5-10-29-19(14)12-22-25-15(2)13-30-20(25)23-18-11-16(3-4-17(18)21)31(26,27)24-6-8-28-9-7-24/h3-5,10-13H,6-9H2,1-2H3/b22-12+,23-20?. The average molecular weight is 497 g/mol. The minimum Gasteiger partial charge on any atom is -0.379 e. The van der Waals surface area contributed by atoms with E-state index in [2.05, 4.69) is 10.1 Å². The van der Waals surface area contributed by atoms with Crippen molar-refractivity contribution in [1.29, 1.82) is 0 Å². The van der Waals surface area contributed by atoms with Crippen LogP contribution in [0, 0.1) is 13.8 Å². The number of thiazole rings is 1. The van der Waals surface area contributed by atoms with Crippen molar-refractivity contribution in [2.24, 2.45) is 10.1 Å². The van der Waals surface area contributed by atoms with Crippen molar-refractivity contribution in [2.45, 2.75) is 18.7 Å². The Bertz CT molecular complexity index is 1280. The van der Waals surface area contributed by atoms with E-state index in [0.717, 1.165) is 16.1 Å². The molecule has 0 N–H and O–H groups in total. The molecule has 1 aromatic carbocycles. The third-order valence-corrected chi connectivity index (χ3v) is 8.89. The lowest BCUT2D eigenvalue weighted by atomic mass is 10.3. The first-order valence-corrected chi connectivity index (χ1v) is 13.1. The monoisotopic (exact) mass is 496 g/mol. The summed E-state index contributed by atoms with van der Waals surface area (Å²) in [6, 6.07) is 6.64. The van der Waals surface area contributed by atoms with Gasteiger partial charge >= 0.3 is 0 Å². The summed E-state index contributed by atoms with van der Waals surface area (Å²) in [5.41, 5.74) is 2.46. The minimum atomic E-state index is -3.64. The van der Waals surface area contributed by atoms with Gasteiger partial charge in [0.1, 0.15) is 0 Å². The molecule has 0 bridgehead atoms. The zero-order valence-electron chi connectivity index (χ0n) is 17.0. The lowest BCUT2D eigenvalue weighted by Gasteiger charge is -2.26. The highest BCUT2D eigenvalue weighted by molar-refractivity contribution is 7.89. The van der Waals surface area contributed by atoms with Gasteiger partial charge in [0, 0.05) is 18.5 Å². The second kappa shape index (κ2) is 9.35. The van der Waals surface area contributed by atoms with Gasteiger partial charge < -0.3 is 4.74 Å². The molecular formula is C20H21ClN4O3S3. The Hall–Kier alpha value is -1.82. The molecule has 0 aliphatic carbocycles. The van der Waals surface area contributed by atoms with E-state index in [4.69, 9.17) is 16.3 Å². The number of nitrogens with zero attached hydrogens (tertiary/aromatic N) is 4. The number of ether oxygens (including phenoxy) is 1. The molecule has 1 aliphatic rings. The third-order valence-electron chi connectivity index (χ3n) is 4.78. The van der Waals surface area contributed by atoms with E-state index in [0.29, 0.717) is 41.8 Å². The number of thiophene rings is 1. The number of aromatic nitrogens is 1. The molecule has 164 valence electrons. The molecule has 1 fully saturated rings. The van der Waals surface area contributed by atoms with Gasteiger partial charge in [-0.2, -0.15) is 9.41 Å². The number of sulfonamides is 1. The van der Waals surface area contributed by atoms with Gasteiger partial charge in [-0.05, 0) is 49.1 Å². The molecule has 4 rings (SSSR count). The van der Waals surface area contributed by atoms with E-state index >= 15 is 0 Å². The van der Waals surface area contributed by atoms with Gasteiger partial charge in [0.15, 0.2) is 0 Å². The number of rotatable bonds is 5. The predicted molar refractivity (Wildman–Crippen MR) is 125 cm³/mol. The van der Waals surface area contributed by atoms with E-state index in [9.17, 15) is 8.42 Å². The van der Waals surface area contributed by atoms with Gasteiger partial charge in [-0.3, -0.25) is 0 Å². The van der Waals surface area contributed by atoms with Crippen LogP contribution in [-0.2, 0) is 14.8 Å². The van der Waals surface area contributed by atoms with Crippen LogP contribution >= 0.6 is 34.3 Å². The smallest absolute Gasteiger partial charge is 0.243 e. The number of hydrogen-bond acceptors (Lipinski definition) is 7. The van der Waals surface area contributed by atoms with Crippen molar-refractivity contribution in [1.82, 2.24) is 8.98 Å². The summed E-state index contributed by atoms with van der Waals surface area (Å²) in [5.74, 6) is 0. The molecule has 0 spiro atoms. The fourth-order valence-corrected chi connectivity index (χ4v) is 6.19. The maximum Gasteiger partial charge on any atom is 0.243 e. The normalized spacial score (nSPS) is 16.4. The zero-order valence-corrected chi connectivity index (χ0v) is 20.2. The summed E-state index contributed by atoms with van der Waals surface area (Å²) in [7, 11) is -3.64. The molecule has 0 atom stereocenters. The lowest BCUT2D eigenvalue weighted by molar-refractivity contribution is 0.0730. The lowest BCUT2D eigenvalue weighted by Crippen LogP contribution is -2.40. The Labute approximate surface area is 194 Å². The van der Waals surface area contributed by atoms with Crippen molar-refractivity contribution < 1.29 is 13.2 Å². The van der Waals surface area contributed by atoms with Gasteiger partial charge in [-0.15, -0.1) is 22.7 Å². The number of morpholine rings is 1.